The van der Waals surface area contributed by atoms with Gasteiger partial charge in [-0.15, -0.1) is 11.6 Å². The van der Waals surface area contributed by atoms with Gasteiger partial charge in [-0.05, 0) is 39.8 Å². The van der Waals surface area contributed by atoms with Gasteiger partial charge in [0.2, 0.25) is 5.95 Å². The first kappa shape index (κ1) is 29.0. The Morgan fingerprint density at radius 3 is 2.64 bits per heavy atom. The number of aliphatic hydroxyl groups excluding tert-OH is 1. The van der Waals surface area contributed by atoms with Crippen LogP contribution in [0.15, 0.2) is 36.7 Å². The number of aliphatic hydroxyl groups is 1. The van der Waals surface area contributed by atoms with Crippen LogP contribution in [0.25, 0.3) is 11.2 Å². The summed E-state index contributed by atoms with van der Waals surface area (Å²) in [7, 11) is -4.21. The Hall–Kier alpha value is -3.00. The number of ether oxygens (including phenoxy) is 2. The first-order valence-corrected chi connectivity index (χ1v) is 14.0. The van der Waals surface area contributed by atoms with Crippen molar-refractivity contribution in [1.29, 1.82) is 0 Å². The monoisotopic (exact) mass is 583 g/mol. The molecule has 3 aromatic rings. The first-order valence-electron chi connectivity index (χ1n) is 12.1. The number of imidazole rings is 1. The summed E-state index contributed by atoms with van der Waals surface area (Å²) in [5.74, 6) is -0.429. The van der Waals surface area contributed by atoms with Crippen LogP contribution in [0.5, 0.6) is 5.75 Å². The molecular formula is C23H31ClN7O7P. The SMILES string of the molecule is CC(C)OC(=O)[C@@H](C)NP(=O)(OC[C@H]1O[C@@H](n2cnc3c(N)nc(N)nc32)[C@](C)(Cl)[C@@H]1O)Oc1ccccc1. The summed E-state index contributed by atoms with van der Waals surface area (Å²) >= 11 is 6.74. The molecule has 1 aliphatic heterocycles. The van der Waals surface area contributed by atoms with Crippen LogP contribution >= 0.6 is 19.3 Å². The maximum absolute atomic E-state index is 13.8. The summed E-state index contributed by atoms with van der Waals surface area (Å²) < 4.78 is 37.8. The minimum atomic E-state index is -4.21. The minimum absolute atomic E-state index is 0.0705. The number of nitrogen functional groups attached to an aromatic ring is 2. The van der Waals surface area contributed by atoms with Crippen molar-refractivity contribution in [2.75, 3.05) is 18.1 Å². The average Bonchev–Trinajstić information content (AvgIpc) is 3.36. The van der Waals surface area contributed by atoms with Crippen LogP contribution < -0.4 is 21.1 Å². The number of esters is 1. The molecule has 212 valence electrons. The number of carbonyl (C=O) groups is 1. The Kier molecular flexibility index (Phi) is 8.36. The highest BCUT2D eigenvalue weighted by Crippen LogP contribution is 2.48. The van der Waals surface area contributed by atoms with E-state index in [1.807, 2.05) is 0 Å². The summed E-state index contributed by atoms with van der Waals surface area (Å²) in [5, 5.41) is 13.6. The number of hydrogen-bond donors (Lipinski definition) is 4. The number of hydrogen-bond acceptors (Lipinski definition) is 12. The molecule has 6 N–H and O–H groups in total. The van der Waals surface area contributed by atoms with Crippen molar-refractivity contribution < 1.29 is 33.0 Å². The molecule has 4 rings (SSSR count). The summed E-state index contributed by atoms with van der Waals surface area (Å²) in [6.07, 6.45) is -2.36. The molecule has 0 saturated carbocycles. The fourth-order valence-electron chi connectivity index (χ4n) is 3.98. The average molecular weight is 584 g/mol. The maximum atomic E-state index is 13.8. The van der Waals surface area contributed by atoms with Gasteiger partial charge >= 0.3 is 13.7 Å². The van der Waals surface area contributed by atoms with Crippen molar-refractivity contribution in [3.63, 3.8) is 0 Å². The van der Waals surface area contributed by atoms with Crippen molar-refractivity contribution >= 4 is 48.2 Å². The van der Waals surface area contributed by atoms with E-state index in [0.717, 1.165) is 0 Å². The molecule has 0 spiro atoms. The van der Waals surface area contributed by atoms with Crippen LogP contribution in [0.4, 0.5) is 11.8 Å². The van der Waals surface area contributed by atoms with Crippen LogP contribution in [0.3, 0.4) is 0 Å². The van der Waals surface area contributed by atoms with Crippen molar-refractivity contribution in [2.24, 2.45) is 0 Å². The molecule has 39 heavy (non-hydrogen) atoms. The third kappa shape index (κ3) is 6.26. The topological polar surface area (TPSA) is 199 Å². The van der Waals surface area contributed by atoms with Gasteiger partial charge in [-0.3, -0.25) is 13.9 Å². The van der Waals surface area contributed by atoms with E-state index in [2.05, 4.69) is 20.0 Å². The third-order valence-corrected chi connectivity index (χ3v) is 7.92. The molecule has 14 nitrogen and oxygen atoms in total. The van der Waals surface area contributed by atoms with Crippen molar-refractivity contribution in [1.82, 2.24) is 24.6 Å². The largest absolute Gasteiger partial charge is 0.462 e. The number of nitrogens with zero attached hydrogens (tertiary/aromatic N) is 4. The molecule has 16 heteroatoms. The minimum Gasteiger partial charge on any atom is -0.462 e. The summed E-state index contributed by atoms with van der Waals surface area (Å²) in [4.78, 5) is 23.2. The second-order valence-electron chi connectivity index (χ2n) is 9.45. The van der Waals surface area contributed by atoms with E-state index in [9.17, 15) is 14.5 Å². The molecule has 1 aromatic carbocycles. The number of halogens is 1. The van der Waals surface area contributed by atoms with Crippen LogP contribution in [0, 0.1) is 0 Å². The fraction of sp³-hybridized carbons (Fsp3) is 0.478. The van der Waals surface area contributed by atoms with Gasteiger partial charge in [0.05, 0.1) is 19.0 Å². The van der Waals surface area contributed by atoms with Gasteiger partial charge < -0.3 is 30.6 Å². The van der Waals surface area contributed by atoms with E-state index in [-0.39, 0.29) is 34.8 Å². The molecule has 1 saturated heterocycles. The normalized spacial score (nSPS) is 25.5. The smallest absolute Gasteiger partial charge is 0.459 e. The van der Waals surface area contributed by atoms with E-state index in [4.69, 9.17) is 41.6 Å². The van der Waals surface area contributed by atoms with E-state index >= 15 is 0 Å². The summed E-state index contributed by atoms with van der Waals surface area (Å²) in [6.45, 7) is 5.99. The number of aromatic nitrogens is 4. The zero-order valence-electron chi connectivity index (χ0n) is 21.7. The number of rotatable bonds is 10. The summed E-state index contributed by atoms with van der Waals surface area (Å²) in [6, 6.07) is 7.22. The highest BCUT2D eigenvalue weighted by Gasteiger charge is 2.54. The van der Waals surface area contributed by atoms with Gasteiger partial charge in [0, 0.05) is 0 Å². The number of carbonyl (C=O) groups excluding carboxylic acids is 1. The van der Waals surface area contributed by atoms with Crippen LogP contribution in [-0.2, 0) is 23.4 Å². The second-order valence-corrected chi connectivity index (χ2v) is 12.0. The Morgan fingerprint density at radius 1 is 1.28 bits per heavy atom. The van der Waals surface area contributed by atoms with Gasteiger partial charge in [0.1, 0.15) is 34.4 Å². The number of benzene rings is 1. The Balaban J connectivity index is 1.55. The Morgan fingerprint density at radius 2 is 1.97 bits per heavy atom. The number of para-hydroxylation sites is 1. The van der Waals surface area contributed by atoms with E-state index < -0.39 is 49.7 Å². The number of nitrogens with two attached hydrogens (primary N) is 2. The van der Waals surface area contributed by atoms with Gasteiger partial charge in [-0.2, -0.15) is 15.1 Å². The van der Waals surface area contributed by atoms with Crippen molar-refractivity contribution in [2.45, 2.75) is 63.2 Å². The molecule has 3 heterocycles. The number of nitrogens with one attached hydrogen (secondary N) is 1. The first-order chi connectivity index (χ1) is 18.3. The molecule has 0 aliphatic carbocycles. The lowest BCUT2D eigenvalue weighted by atomic mass is 10.0. The van der Waals surface area contributed by atoms with Gasteiger partial charge in [0.15, 0.2) is 17.7 Å². The fourth-order valence-corrected chi connectivity index (χ4v) is 5.78. The third-order valence-electron chi connectivity index (χ3n) is 5.87. The molecule has 6 atom stereocenters. The Bertz CT molecular complexity index is 1370. The van der Waals surface area contributed by atoms with Crippen LogP contribution in [0.2, 0.25) is 0 Å². The number of fused-ring (bicyclic) bond motifs is 1. The van der Waals surface area contributed by atoms with Crippen molar-refractivity contribution in [3.05, 3.63) is 36.7 Å². The molecule has 2 aromatic heterocycles. The lowest BCUT2D eigenvalue weighted by Gasteiger charge is -2.26. The zero-order valence-corrected chi connectivity index (χ0v) is 23.4. The highest BCUT2D eigenvalue weighted by atomic mass is 35.5. The predicted octanol–water partition coefficient (Wildman–Crippen LogP) is 2.38. The zero-order chi connectivity index (χ0) is 28.5. The molecule has 0 amide bonds. The standard InChI is InChI=1S/C23H31ClN7O7P/c1-12(2)36-20(33)13(3)30-39(34,38-14-8-6-5-7-9-14)35-10-15-17(32)23(4,24)21(37-15)31-11-27-16-18(25)28-22(26)29-19(16)31/h5-9,11-13,15,17,21,32H,10H2,1-4H3,(H,30,34)(H4,25,26,28,29)/t13-,15-,17-,21-,23-,39?/m1/s1. The lowest BCUT2D eigenvalue weighted by molar-refractivity contribution is -0.149. The maximum Gasteiger partial charge on any atom is 0.459 e. The molecule has 1 unspecified atom stereocenters. The molecular weight excluding hydrogens is 553 g/mol. The van der Waals surface area contributed by atoms with Crippen molar-refractivity contribution in [3.8, 4) is 5.75 Å². The van der Waals surface area contributed by atoms with E-state index in [1.165, 1.54) is 17.8 Å². The predicted molar refractivity (Wildman–Crippen MR) is 143 cm³/mol. The molecule has 1 aliphatic rings. The van der Waals surface area contributed by atoms with Crippen LogP contribution in [-0.4, -0.2) is 66.4 Å². The van der Waals surface area contributed by atoms with Crippen LogP contribution in [0.1, 0.15) is 33.9 Å². The molecule has 0 radical (unpaired) electrons. The molecule has 1 fully saturated rings. The highest BCUT2D eigenvalue weighted by molar-refractivity contribution is 7.52. The Labute approximate surface area is 229 Å². The number of anilines is 2. The quantitative estimate of drug-likeness (QED) is 0.154. The van der Waals surface area contributed by atoms with E-state index in [0.29, 0.717) is 0 Å². The van der Waals surface area contributed by atoms with Gasteiger partial charge in [-0.1, -0.05) is 18.2 Å². The summed E-state index contributed by atoms with van der Waals surface area (Å²) in [5.41, 5.74) is 12.2. The van der Waals surface area contributed by atoms with E-state index in [1.54, 1.807) is 51.1 Å². The lowest BCUT2D eigenvalue weighted by Crippen LogP contribution is -2.40. The second kappa shape index (κ2) is 11.2. The van der Waals surface area contributed by atoms with Gasteiger partial charge in [-0.25, -0.2) is 9.55 Å². The van der Waals surface area contributed by atoms with Gasteiger partial charge in [0.25, 0.3) is 0 Å². The molecule has 0 bridgehead atoms. The number of alkyl halides is 1.